The highest BCUT2D eigenvalue weighted by atomic mass is 35.5. The largest absolute Gasteiger partial charge is 0.493 e. The molecular weight excluding hydrogens is 286 g/mol. The summed E-state index contributed by atoms with van der Waals surface area (Å²) in [6.07, 6.45) is 3.34. The Hall–Kier alpha value is -0.930. The molecule has 3 nitrogen and oxygen atoms in total. The average molecular weight is 314 g/mol. The molecule has 0 aliphatic rings. The standard InChI is InChI=1S/C17H28ClNO2/c1-5-8-19-11-14-9-15(18)10-16(20-4)17(14)21-12-13(6-2)7-3/h9-10,13,19H,5-8,11-12H2,1-4H3. The second-order valence-electron chi connectivity index (χ2n) is 5.27. The first-order valence-electron chi connectivity index (χ1n) is 7.86. The number of hydrogen-bond acceptors (Lipinski definition) is 3. The molecular formula is C17H28ClNO2. The normalized spacial score (nSPS) is 11.0. The molecule has 1 rings (SSSR count). The molecule has 0 aromatic heterocycles. The molecule has 1 N–H and O–H groups in total. The molecule has 0 amide bonds. The highest BCUT2D eigenvalue weighted by Gasteiger charge is 2.14. The van der Waals surface area contributed by atoms with Crippen molar-refractivity contribution in [2.45, 2.75) is 46.6 Å². The summed E-state index contributed by atoms with van der Waals surface area (Å²) in [6.45, 7) is 8.96. The number of rotatable bonds is 10. The van der Waals surface area contributed by atoms with Crippen molar-refractivity contribution in [1.82, 2.24) is 5.32 Å². The number of hydrogen-bond donors (Lipinski definition) is 1. The number of benzene rings is 1. The van der Waals surface area contributed by atoms with Gasteiger partial charge in [-0.1, -0.05) is 45.2 Å². The van der Waals surface area contributed by atoms with Crippen molar-refractivity contribution in [3.63, 3.8) is 0 Å². The van der Waals surface area contributed by atoms with Crippen LogP contribution in [-0.4, -0.2) is 20.3 Å². The van der Waals surface area contributed by atoms with E-state index in [1.165, 1.54) is 0 Å². The van der Waals surface area contributed by atoms with Gasteiger partial charge in [-0.05, 0) is 24.9 Å². The molecule has 0 aliphatic carbocycles. The molecule has 0 radical (unpaired) electrons. The fourth-order valence-corrected chi connectivity index (χ4v) is 2.43. The topological polar surface area (TPSA) is 30.5 Å². The molecule has 0 spiro atoms. The van der Waals surface area contributed by atoms with Gasteiger partial charge in [0.15, 0.2) is 11.5 Å². The smallest absolute Gasteiger partial charge is 0.165 e. The van der Waals surface area contributed by atoms with E-state index in [2.05, 4.69) is 26.1 Å². The third-order valence-electron chi connectivity index (χ3n) is 3.68. The minimum Gasteiger partial charge on any atom is -0.493 e. The van der Waals surface area contributed by atoms with Gasteiger partial charge in [0.1, 0.15) is 0 Å². The summed E-state index contributed by atoms with van der Waals surface area (Å²) in [5, 5.41) is 4.07. The van der Waals surface area contributed by atoms with Gasteiger partial charge in [-0.2, -0.15) is 0 Å². The van der Waals surface area contributed by atoms with E-state index >= 15 is 0 Å². The van der Waals surface area contributed by atoms with Crippen LogP contribution in [0, 0.1) is 5.92 Å². The van der Waals surface area contributed by atoms with Crippen molar-refractivity contribution in [2.24, 2.45) is 5.92 Å². The lowest BCUT2D eigenvalue weighted by molar-refractivity contribution is 0.228. The predicted octanol–water partition coefficient (Wildman–Crippen LogP) is 4.66. The van der Waals surface area contributed by atoms with E-state index in [0.29, 0.717) is 23.3 Å². The van der Waals surface area contributed by atoms with Crippen molar-refractivity contribution in [2.75, 3.05) is 20.3 Å². The summed E-state index contributed by atoms with van der Waals surface area (Å²) in [5.74, 6) is 2.10. The van der Waals surface area contributed by atoms with Crippen LogP contribution in [0.5, 0.6) is 11.5 Å². The Morgan fingerprint density at radius 3 is 2.48 bits per heavy atom. The minimum atomic E-state index is 0.571. The monoisotopic (exact) mass is 313 g/mol. The predicted molar refractivity (Wildman–Crippen MR) is 89.6 cm³/mol. The maximum absolute atomic E-state index is 6.17. The van der Waals surface area contributed by atoms with Gasteiger partial charge in [-0.25, -0.2) is 0 Å². The first-order chi connectivity index (χ1) is 10.2. The van der Waals surface area contributed by atoms with Gasteiger partial charge < -0.3 is 14.8 Å². The lowest BCUT2D eigenvalue weighted by Gasteiger charge is -2.19. The van der Waals surface area contributed by atoms with E-state index in [4.69, 9.17) is 21.1 Å². The van der Waals surface area contributed by atoms with Crippen molar-refractivity contribution >= 4 is 11.6 Å². The van der Waals surface area contributed by atoms with Crippen LogP contribution in [-0.2, 0) is 6.54 Å². The summed E-state index contributed by atoms with van der Waals surface area (Å²) >= 11 is 6.17. The number of methoxy groups -OCH3 is 1. The maximum atomic E-state index is 6.17. The van der Waals surface area contributed by atoms with E-state index in [1.54, 1.807) is 7.11 Å². The molecule has 1 aromatic rings. The molecule has 21 heavy (non-hydrogen) atoms. The quantitative estimate of drug-likeness (QED) is 0.637. The zero-order valence-electron chi connectivity index (χ0n) is 13.7. The highest BCUT2D eigenvalue weighted by Crippen LogP contribution is 2.35. The third kappa shape index (κ3) is 5.76. The van der Waals surface area contributed by atoms with E-state index in [0.717, 1.165) is 43.7 Å². The summed E-state index contributed by atoms with van der Waals surface area (Å²) < 4.78 is 11.5. The summed E-state index contributed by atoms with van der Waals surface area (Å²) in [5.41, 5.74) is 1.05. The van der Waals surface area contributed by atoms with Gasteiger partial charge in [-0.15, -0.1) is 0 Å². The van der Waals surface area contributed by atoms with Crippen LogP contribution in [0.3, 0.4) is 0 Å². The summed E-state index contributed by atoms with van der Waals surface area (Å²) in [7, 11) is 1.65. The Morgan fingerprint density at radius 2 is 1.90 bits per heavy atom. The van der Waals surface area contributed by atoms with Crippen LogP contribution >= 0.6 is 11.6 Å². The Kier molecular flexibility index (Phi) is 8.55. The molecule has 0 aliphatic heterocycles. The Morgan fingerprint density at radius 1 is 1.19 bits per heavy atom. The second kappa shape index (κ2) is 9.91. The van der Waals surface area contributed by atoms with Crippen LogP contribution in [0.15, 0.2) is 12.1 Å². The van der Waals surface area contributed by atoms with Gasteiger partial charge in [0.25, 0.3) is 0 Å². The van der Waals surface area contributed by atoms with Crippen LogP contribution in [0.4, 0.5) is 0 Å². The Balaban J connectivity index is 2.90. The van der Waals surface area contributed by atoms with Crippen LogP contribution in [0.25, 0.3) is 0 Å². The molecule has 4 heteroatoms. The number of halogens is 1. The molecule has 0 saturated carbocycles. The molecule has 0 atom stereocenters. The summed E-state index contributed by atoms with van der Waals surface area (Å²) in [4.78, 5) is 0. The zero-order valence-corrected chi connectivity index (χ0v) is 14.4. The number of ether oxygens (including phenoxy) is 2. The van der Waals surface area contributed by atoms with E-state index in [-0.39, 0.29) is 0 Å². The van der Waals surface area contributed by atoms with Gasteiger partial charge in [0.05, 0.1) is 13.7 Å². The fourth-order valence-electron chi connectivity index (χ4n) is 2.19. The van der Waals surface area contributed by atoms with E-state index in [1.807, 2.05) is 12.1 Å². The first kappa shape index (κ1) is 18.1. The van der Waals surface area contributed by atoms with Crippen molar-refractivity contribution in [3.05, 3.63) is 22.7 Å². The lowest BCUT2D eigenvalue weighted by atomic mass is 10.1. The molecule has 0 bridgehead atoms. The minimum absolute atomic E-state index is 0.571. The van der Waals surface area contributed by atoms with Gasteiger partial charge in [0.2, 0.25) is 0 Å². The molecule has 0 heterocycles. The van der Waals surface area contributed by atoms with Crippen molar-refractivity contribution < 1.29 is 9.47 Å². The van der Waals surface area contributed by atoms with E-state index < -0.39 is 0 Å². The first-order valence-corrected chi connectivity index (χ1v) is 8.23. The average Bonchev–Trinajstić information content (AvgIpc) is 2.49. The van der Waals surface area contributed by atoms with Crippen LogP contribution < -0.4 is 14.8 Å². The van der Waals surface area contributed by atoms with Crippen LogP contribution in [0.2, 0.25) is 5.02 Å². The van der Waals surface area contributed by atoms with Crippen LogP contribution in [0.1, 0.15) is 45.6 Å². The zero-order chi connectivity index (χ0) is 15.7. The summed E-state index contributed by atoms with van der Waals surface area (Å²) in [6, 6.07) is 3.77. The fraction of sp³-hybridized carbons (Fsp3) is 0.647. The number of nitrogens with one attached hydrogen (secondary N) is 1. The Labute approximate surface area is 134 Å². The molecule has 1 aromatic carbocycles. The van der Waals surface area contributed by atoms with Crippen molar-refractivity contribution in [3.8, 4) is 11.5 Å². The molecule has 0 unspecified atom stereocenters. The molecule has 0 saturated heterocycles. The Bertz CT molecular complexity index is 419. The highest BCUT2D eigenvalue weighted by molar-refractivity contribution is 6.30. The SMILES string of the molecule is CCCNCc1cc(Cl)cc(OC)c1OCC(CC)CC. The van der Waals surface area contributed by atoms with Gasteiger partial charge in [-0.3, -0.25) is 0 Å². The second-order valence-corrected chi connectivity index (χ2v) is 5.70. The third-order valence-corrected chi connectivity index (χ3v) is 3.89. The van der Waals surface area contributed by atoms with Gasteiger partial charge in [0, 0.05) is 23.2 Å². The molecule has 120 valence electrons. The van der Waals surface area contributed by atoms with E-state index in [9.17, 15) is 0 Å². The molecule has 0 fully saturated rings. The van der Waals surface area contributed by atoms with Crippen molar-refractivity contribution in [1.29, 1.82) is 0 Å². The van der Waals surface area contributed by atoms with Gasteiger partial charge >= 0.3 is 0 Å². The lowest BCUT2D eigenvalue weighted by Crippen LogP contribution is -2.16. The maximum Gasteiger partial charge on any atom is 0.165 e.